The molecule has 26 heavy (non-hydrogen) atoms. The fraction of sp³-hybridized carbons (Fsp3) is 0.316. The second kappa shape index (κ2) is 8.44. The molecule has 0 aliphatic carbocycles. The normalized spacial score (nSPS) is 10.5. The number of esters is 1. The summed E-state index contributed by atoms with van der Waals surface area (Å²) in [5.41, 5.74) is 2.27. The van der Waals surface area contributed by atoms with Gasteiger partial charge in [-0.15, -0.1) is 0 Å². The molecule has 1 aromatic heterocycles. The van der Waals surface area contributed by atoms with Gasteiger partial charge in [0.1, 0.15) is 12.2 Å². The minimum Gasteiger partial charge on any atom is -0.460 e. The third kappa shape index (κ3) is 4.37. The highest BCUT2D eigenvalue weighted by molar-refractivity contribution is 6.05. The van der Waals surface area contributed by atoms with Gasteiger partial charge in [-0.2, -0.15) is 0 Å². The van der Waals surface area contributed by atoms with Crippen molar-refractivity contribution in [3.8, 4) is 0 Å². The Morgan fingerprint density at radius 1 is 1.12 bits per heavy atom. The van der Waals surface area contributed by atoms with Gasteiger partial charge in [0, 0.05) is 18.5 Å². The molecule has 0 atom stereocenters. The van der Waals surface area contributed by atoms with Gasteiger partial charge in [0.05, 0.1) is 12.2 Å². The topological polar surface area (TPSA) is 97.5 Å². The van der Waals surface area contributed by atoms with Crippen molar-refractivity contribution >= 4 is 17.6 Å². The zero-order valence-corrected chi connectivity index (χ0v) is 15.3. The van der Waals surface area contributed by atoms with Gasteiger partial charge in [0.2, 0.25) is 0 Å². The lowest BCUT2D eigenvalue weighted by Crippen LogP contribution is -2.26. The lowest BCUT2D eigenvalue weighted by Gasteiger charge is -2.11. The standard InChI is InChI=1S/C19H22N2O5/c1-11-6-5-7-16(12(11)2)21-18(23)15-10-14(13(3)20-17(15)22)19(24)26-9-8-25-4/h5-7,10H,8-9H2,1-4H3,(H,20,22)(H,21,23). The van der Waals surface area contributed by atoms with E-state index in [1.54, 1.807) is 13.0 Å². The number of aryl methyl sites for hydroxylation is 2. The number of anilines is 1. The Labute approximate surface area is 151 Å². The summed E-state index contributed by atoms with van der Waals surface area (Å²) in [5.74, 6) is -1.22. The molecule has 0 aliphatic rings. The number of H-pyrrole nitrogens is 1. The van der Waals surface area contributed by atoms with Crippen LogP contribution in [0.3, 0.4) is 0 Å². The Hall–Kier alpha value is -2.93. The fourth-order valence-electron chi connectivity index (χ4n) is 2.38. The van der Waals surface area contributed by atoms with E-state index in [4.69, 9.17) is 9.47 Å². The van der Waals surface area contributed by atoms with Gasteiger partial charge < -0.3 is 19.8 Å². The largest absolute Gasteiger partial charge is 0.460 e. The number of carbonyl (C=O) groups excluding carboxylic acids is 2. The summed E-state index contributed by atoms with van der Waals surface area (Å²) in [5, 5.41) is 2.72. The zero-order chi connectivity index (χ0) is 19.3. The van der Waals surface area contributed by atoms with Crippen molar-refractivity contribution in [2.75, 3.05) is 25.6 Å². The van der Waals surface area contributed by atoms with Crippen LogP contribution in [0, 0.1) is 20.8 Å². The average Bonchev–Trinajstić information content (AvgIpc) is 2.59. The maximum absolute atomic E-state index is 12.5. The molecule has 0 radical (unpaired) electrons. The average molecular weight is 358 g/mol. The van der Waals surface area contributed by atoms with E-state index in [2.05, 4.69) is 10.3 Å². The van der Waals surface area contributed by atoms with Crippen molar-refractivity contribution in [3.05, 3.63) is 62.6 Å². The minimum atomic E-state index is -0.628. The first-order valence-electron chi connectivity index (χ1n) is 8.12. The maximum atomic E-state index is 12.5. The molecule has 1 heterocycles. The first-order valence-corrected chi connectivity index (χ1v) is 8.12. The molecule has 0 unspecified atom stereocenters. The third-order valence-corrected chi connectivity index (χ3v) is 4.08. The summed E-state index contributed by atoms with van der Waals surface area (Å²) < 4.78 is 9.89. The summed E-state index contributed by atoms with van der Waals surface area (Å²) in [7, 11) is 1.49. The second-order valence-corrected chi connectivity index (χ2v) is 5.88. The summed E-state index contributed by atoms with van der Waals surface area (Å²) in [6.45, 7) is 5.72. The van der Waals surface area contributed by atoms with Gasteiger partial charge in [-0.05, 0) is 44.0 Å². The lowest BCUT2D eigenvalue weighted by atomic mass is 10.1. The van der Waals surface area contributed by atoms with Gasteiger partial charge >= 0.3 is 5.97 Å². The molecule has 2 rings (SSSR count). The number of hydrogen-bond acceptors (Lipinski definition) is 5. The summed E-state index contributed by atoms with van der Waals surface area (Å²) in [4.78, 5) is 39.4. The van der Waals surface area contributed by atoms with Crippen molar-refractivity contribution in [1.29, 1.82) is 0 Å². The molecule has 1 aromatic carbocycles. The van der Waals surface area contributed by atoms with E-state index in [-0.39, 0.29) is 24.3 Å². The molecule has 0 saturated heterocycles. The lowest BCUT2D eigenvalue weighted by molar-refractivity contribution is 0.0386. The maximum Gasteiger partial charge on any atom is 0.340 e. The number of methoxy groups -OCH3 is 1. The van der Waals surface area contributed by atoms with E-state index in [1.165, 1.54) is 13.2 Å². The number of nitrogens with one attached hydrogen (secondary N) is 2. The number of rotatable bonds is 6. The predicted molar refractivity (Wildman–Crippen MR) is 97.8 cm³/mol. The summed E-state index contributed by atoms with van der Waals surface area (Å²) >= 11 is 0. The van der Waals surface area contributed by atoms with Crippen molar-refractivity contribution in [2.24, 2.45) is 0 Å². The zero-order valence-electron chi connectivity index (χ0n) is 15.3. The molecule has 0 bridgehead atoms. The predicted octanol–water partition coefficient (Wildman–Crippen LogP) is 2.36. The van der Waals surface area contributed by atoms with Crippen molar-refractivity contribution in [2.45, 2.75) is 20.8 Å². The molecule has 0 saturated carbocycles. The van der Waals surface area contributed by atoms with Crippen LogP contribution in [0.1, 0.15) is 37.5 Å². The molecular weight excluding hydrogens is 336 g/mol. The van der Waals surface area contributed by atoms with Gasteiger partial charge in [-0.25, -0.2) is 4.79 Å². The van der Waals surface area contributed by atoms with Crippen LogP contribution in [0.15, 0.2) is 29.1 Å². The van der Waals surface area contributed by atoms with Gasteiger partial charge in [-0.1, -0.05) is 12.1 Å². The van der Waals surface area contributed by atoms with Crippen molar-refractivity contribution in [3.63, 3.8) is 0 Å². The summed E-state index contributed by atoms with van der Waals surface area (Å²) in [6.07, 6.45) is 0. The number of aromatic nitrogens is 1. The van der Waals surface area contributed by atoms with Crippen molar-refractivity contribution in [1.82, 2.24) is 4.98 Å². The minimum absolute atomic E-state index is 0.0813. The van der Waals surface area contributed by atoms with Crippen LogP contribution < -0.4 is 10.9 Å². The van der Waals surface area contributed by atoms with E-state index in [1.807, 2.05) is 26.0 Å². The monoisotopic (exact) mass is 358 g/mol. The van der Waals surface area contributed by atoms with Crippen molar-refractivity contribution < 1.29 is 19.1 Å². The quantitative estimate of drug-likeness (QED) is 0.610. The fourth-order valence-corrected chi connectivity index (χ4v) is 2.38. The number of hydrogen-bond donors (Lipinski definition) is 2. The molecule has 1 amide bonds. The number of aromatic amines is 1. The van der Waals surface area contributed by atoms with Crippen LogP contribution in [-0.2, 0) is 9.47 Å². The van der Waals surface area contributed by atoms with Crippen LogP contribution in [-0.4, -0.2) is 37.2 Å². The molecule has 0 aliphatic heterocycles. The molecule has 7 heteroatoms. The Morgan fingerprint density at radius 2 is 1.85 bits per heavy atom. The van der Waals surface area contributed by atoms with Crippen LogP contribution in [0.4, 0.5) is 5.69 Å². The van der Waals surface area contributed by atoms with Crippen LogP contribution in [0.25, 0.3) is 0 Å². The van der Waals surface area contributed by atoms with E-state index in [0.29, 0.717) is 11.4 Å². The number of ether oxygens (including phenoxy) is 2. The Balaban J connectivity index is 2.29. The van der Waals surface area contributed by atoms with E-state index >= 15 is 0 Å². The first kappa shape index (κ1) is 19.4. The SMILES string of the molecule is COCCOC(=O)c1cc(C(=O)Nc2cccc(C)c2C)c(=O)[nH]c1C. The molecule has 7 nitrogen and oxygen atoms in total. The number of amides is 1. The highest BCUT2D eigenvalue weighted by atomic mass is 16.6. The molecule has 0 fully saturated rings. The molecular formula is C19H22N2O5. The smallest absolute Gasteiger partial charge is 0.340 e. The molecule has 2 N–H and O–H groups in total. The van der Waals surface area contributed by atoms with E-state index in [9.17, 15) is 14.4 Å². The first-order chi connectivity index (χ1) is 12.3. The van der Waals surface area contributed by atoms with Gasteiger partial charge in [0.15, 0.2) is 0 Å². The third-order valence-electron chi connectivity index (χ3n) is 4.08. The molecule has 138 valence electrons. The number of pyridine rings is 1. The van der Waals surface area contributed by atoms with E-state index in [0.717, 1.165) is 11.1 Å². The van der Waals surface area contributed by atoms with Gasteiger partial charge in [0.25, 0.3) is 11.5 Å². The second-order valence-electron chi connectivity index (χ2n) is 5.88. The molecule has 2 aromatic rings. The van der Waals surface area contributed by atoms with Crippen LogP contribution in [0.5, 0.6) is 0 Å². The van der Waals surface area contributed by atoms with Crippen LogP contribution in [0.2, 0.25) is 0 Å². The van der Waals surface area contributed by atoms with Gasteiger partial charge in [-0.3, -0.25) is 9.59 Å². The Kier molecular flexibility index (Phi) is 6.30. The Bertz CT molecular complexity index is 886. The number of benzene rings is 1. The highest BCUT2D eigenvalue weighted by Crippen LogP contribution is 2.18. The summed E-state index contributed by atoms with van der Waals surface area (Å²) in [6, 6.07) is 6.75. The van der Waals surface area contributed by atoms with Crippen LogP contribution >= 0.6 is 0 Å². The molecule has 0 spiro atoms. The Morgan fingerprint density at radius 3 is 2.54 bits per heavy atom. The van der Waals surface area contributed by atoms with E-state index < -0.39 is 17.4 Å². The highest BCUT2D eigenvalue weighted by Gasteiger charge is 2.19. The number of carbonyl (C=O) groups is 2.